The standard InChI is InChI=1S/C23H28F3N3O3/c1-3-32-10-4-9-27-12-23(31)13-29(14-23)22(30)16-6-7-17(24)20(26)21(16)28-19-8-5-15(2)11-18(19)25/h5-8,11,27-28,31H,3-4,9-10,12-14H2,1-2H3. The van der Waals surface area contributed by atoms with Gasteiger partial charge in [0.05, 0.1) is 30.0 Å². The average molecular weight is 451 g/mol. The number of carbonyl (C=O) groups excluding carboxylic acids is 1. The van der Waals surface area contributed by atoms with E-state index in [1.807, 2.05) is 6.92 Å². The quantitative estimate of drug-likeness (QED) is 0.483. The lowest BCUT2D eigenvalue weighted by molar-refractivity contribution is -0.0785. The Hall–Kier alpha value is -2.62. The molecule has 2 aromatic carbocycles. The second-order valence-corrected chi connectivity index (χ2v) is 8.01. The Morgan fingerprint density at radius 1 is 1.19 bits per heavy atom. The van der Waals surface area contributed by atoms with Gasteiger partial charge in [0.15, 0.2) is 11.6 Å². The van der Waals surface area contributed by atoms with Crippen molar-refractivity contribution in [1.29, 1.82) is 0 Å². The Labute approximate surface area is 185 Å². The molecule has 3 N–H and O–H groups in total. The number of aliphatic hydroxyl groups is 1. The maximum absolute atomic E-state index is 14.6. The lowest BCUT2D eigenvalue weighted by Gasteiger charge is -2.46. The third-order valence-electron chi connectivity index (χ3n) is 5.27. The molecule has 2 aromatic rings. The van der Waals surface area contributed by atoms with Crippen LogP contribution in [0.25, 0.3) is 0 Å². The molecule has 1 saturated heterocycles. The zero-order valence-corrected chi connectivity index (χ0v) is 18.2. The predicted molar refractivity (Wildman–Crippen MR) is 116 cm³/mol. The molecule has 0 radical (unpaired) electrons. The summed E-state index contributed by atoms with van der Waals surface area (Å²) in [5.74, 6) is -3.67. The molecule has 1 aliphatic rings. The first kappa shape index (κ1) is 24.0. The summed E-state index contributed by atoms with van der Waals surface area (Å²) in [6.07, 6.45) is 0.798. The van der Waals surface area contributed by atoms with Gasteiger partial charge in [-0.1, -0.05) is 6.07 Å². The minimum atomic E-state index is -1.28. The number of hydrogen-bond acceptors (Lipinski definition) is 5. The van der Waals surface area contributed by atoms with Crippen LogP contribution in [0.2, 0.25) is 0 Å². The molecule has 0 spiro atoms. The second kappa shape index (κ2) is 10.3. The highest BCUT2D eigenvalue weighted by atomic mass is 19.2. The van der Waals surface area contributed by atoms with Gasteiger partial charge < -0.3 is 25.4 Å². The van der Waals surface area contributed by atoms with Crippen LogP contribution >= 0.6 is 0 Å². The van der Waals surface area contributed by atoms with Crippen molar-refractivity contribution in [2.45, 2.75) is 25.9 Å². The van der Waals surface area contributed by atoms with Crippen LogP contribution in [0.1, 0.15) is 29.3 Å². The van der Waals surface area contributed by atoms with Gasteiger partial charge >= 0.3 is 0 Å². The highest BCUT2D eigenvalue weighted by molar-refractivity contribution is 6.01. The molecule has 0 aromatic heterocycles. The topological polar surface area (TPSA) is 73.8 Å². The zero-order valence-electron chi connectivity index (χ0n) is 18.2. The number of β-amino-alcohol motifs (C(OH)–C–C–N with tert-alkyl or cyclic N) is 1. The van der Waals surface area contributed by atoms with E-state index in [0.29, 0.717) is 31.9 Å². The van der Waals surface area contributed by atoms with Crippen LogP contribution in [0.4, 0.5) is 24.5 Å². The van der Waals surface area contributed by atoms with Crippen molar-refractivity contribution in [3.05, 3.63) is 58.9 Å². The van der Waals surface area contributed by atoms with Crippen LogP contribution in [-0.4, -0.2) is 60.9 Å². The number of benzene rings is 2. The first-order valence-electron chi connectivity index (χ1n) is 10.6. The summed E-state index contributed by atoms with van der Waals surface area (Å²) < 4.78 is 47.9. The number of rotatable bonds is 10. The normalized spacial score (nSPS) is 14.9. The van der Waals surface area contributed by atoms with Gasteiger partial charge in [0.25, 0.3) is 5.91 Å². The van der Waals surface area contributed by atoms with Gasteiger partial charge in [0.1, 0.15) is 11.4 Å². The van der Waals surface area contributed by atoms with Crippen LogP contribution < -0.4 is 10.6 Å². The highest BCUT2D eigenvalue weighted by Gasteiger charge is 2.44. The molecule has 0 atom stereocenters. The molecule has 0 aliphatic carbocycles. The molecule has 0 unspecified atom stereocenters. The number of anilines is 2. The number of ether oxygens (including phenoxy) is 1. The molecule has 1 aliphatic heterocycles. The molecule has 3 rings (SSSR count). The maximum Gasteiger partial charge on any atom is 0.256 e. The number of nitrogens with zero attached hydrogens (tertiary/aromatic N) is 1. The van der Waals surface area contributed by atoms with Crippen molar-refractivity contribution in [2.75, 3.05) is 44.7 Å². The summed E-state index contributed by atoms with van der Waals surface area (Å²) >= 11 is 0. The molecule has 0 bridgehead atoms. The third-order valence-corrected chi connectivity index (χ3v) is 5.27. The predicted octanol–water partition coefficient (Wildman–Crippen LogP) is 3.36. The average Bonchev–Trinajstić information content (AvgIpc) is 2.73. The Balaban J connectivity index is 1.67. The van der Waals surface area contributed by atoms with Crippen LogP contribution in [0.15, 0.2) is 30.3 Å². The zero-order chi connectivity index (χ0) is 23.3. The lowest BCUT2D eigenvalue weighted by atomic mass is 9.92. The van der Waals surface area contributed by atoms with Crippen LogP contribution in [-0.2, 0) is 4.74 Å². The molecule has 6 nitrogen and oxygen atoms in total. The Morgan fingerprint density at radius 3 is 2.62 bits per heavy atom. The van der Waals surface area contributed by atoms with Gasteiger partial charge in [-0.25, -0.2) is 13.2 Å². The minimum Gasteiger partial charge on any atom is -0.385 e. The van der Waals surface area contributed by atoms with E-state index >= 15 is 0 Å². The van der Waals surface area contributed by atoms with Crippen molar-refractivity contribution in [2.24, 2.45) is 0 Å². The van der Waals surface area contributed by atoms with E-state index in [1.165, 1.54) is 17.0 Å². The molecule has 174 valence electrons. The lowest BCUT2D eigenvalue weighted by Crippen LogP contribution is -2.67. The van der Waals surface area contributed by atoms with Crippen molar-refractivity contribution in [1.82, 2.24) is 10.2 Å². The Kier molecular flexibility index (Phi) is 7.76. The maximum atomic E-state index is 14.6. The van der Waals surface area contributed by atoms with E-state index < -0.39 is 34.6 Å². The molecule has 1 heterocycles. The summed E-state index contributed by atoms with van der Waals surface area (Å²) in [7, 11) is 0. The number of halogens is 3. The fourth-order valence-electron chi connectivity index (χ4n) is 3.56. The fraction of sp³-hybridized carbons (Fsp3) is 0.435. The molecule has 1 fully saturated rings. The van der Waals surface area contributed by atoms with Gasteiger partial charge in [0.2, 0.25) is 0 Å². The number of nitrogens with one attached hydrogen (secondary N) is 2. The van der Waals surface area contributed by atoms with E-state index in [-0.39, 0.29) is 24.3 Å². The summed E-state index contributed by atoms with van der Waals surface area (Å²) in [4.78, 5) is 14.3. The van der Waals surface area contributed by atoms with Gasteiger partial charge in [0, 0.05) is 19.8 Å². The number of carbonyl (C=O) groups is 1. The van der Waals surface area contributed by atoms with Gasteiger partial charge in [-0.2, -0.15) is 0 Å². The number of aryl methyl sites for hydroxylation is 1. The molecule has 0 saturated carbocycles. The van der Waals surface area contributed by atoms with E-state index in [0.717, 1.165) is 18.6 Å². The molecular weight excluding hydrogens is 423 g/mol. The molecule has 1 amide bonds. The fourth-order valence-corrected chi connectivity index (χ4v) is 3.56. The monoisotopic (exact) mass is 451 g/mol. The second-order valence-electron chi connectivity index (χ2n) is 8.01. The SMILES string of the molecule is CCOCCCNCC1(O)CN(C(=O)c2ccc(F)c(F)c2Nc2ccc(C)cc2F)C1. The molecular formula is C23H28F3N3O3. The van der Waals surface area contributed by atoms with Crippen molar-refractivity contribution < 1.29 is 27.8 Å². The summed E-state index contributed by atoms with van der Waals surface area (Å²) in [6.45, 7) is 5.93. The largest absolute Gasteiger partial charge is 0.385 e. The molecule has 9 heteroatoms. The van der Waals surface area contributed by atoms with Crippen molar-refractivity contribution >= 4 is 17.3 Å². The van der Waals surface area contributed by atoms with Crippen LogP contribution in [0.5, 0.6) is 0 Å². The summed E-state index contributed by atoms with van der Waals surface area (Å²) in [5, 5.41) is 16.2. The van der Waals surface area contributed by atoms with E-state index in [2.05, 4.69) is 10.6 Å². The first-order valence-corrected chi connectivity index (χ1v) is 10.6. The van der Waals surface area contributed by atoms with E-state index in [9.17, 15) is 23.1 Å². The van der Waals surface area contributed by atoms with Crippen molar-refractivity contribution in [3.63, 3.8) is 0 Å². The summed E-state index contributed by atoms with van der Waals surface area (Å²) in [5.41, 5.74) is -1.10. The van der Waals surface area contributed by atoms with Crippen LogP contribution in [0, 0.1) is 24.4 Å². The van der Waals surface area contributed by atoms with Gasteiger partial charge in [-0.05, 0) is 56.6 Å². The number of amides is 1. The smallest absolute Gasteiger partial charge is 0.256 e. The molecule has 32 heavy (non-hydrogen) atoms. The Bertz CT molecular complexity index is 965. The van der Waals surface area contributed by atoms with E-state index in [1.54, 1.807) is 13.0 Å². The Morgan fingerprint density at radius 2 is 1.94 bits per heavy atom. The van der Waals surface area contributed by atoms with Gasteiger partial charge in [-0.15, -0.1) is 0 Å². The number of hydrogen-bond donors (Lipinski definition) is 3. The summed E-state index contributed by atoms with van der Waals surface area (Å²) in [6, 6.07) is 6.26. The first-order chi connectivity index (χ1) is 15.2. The van der Waals surface area contributed by atoms with Gasteiger partial charge in [-0.3, -0.25) is 4.79 Å². The van der Waals surface area contributed by atoms with E-state index in [4.69, 9.17) is 4.74 Å². The minimum absolute atomic E-state index is 0.0433. The van der Waals surface area contributed by atoms with Crippen LogP contribution in [0.3, 0.4) is 0 Å². The number of likely N-dealkylation sites (tertiary alicyclic amines) is 1. The third kappa shape index (κ3) is 5.59. The highest BCUT2D eigenvalue weighted by Crippen LogP contribution is 2.31. The van der Waals surface area contributed by atoms with Crippen molar-refractivity contribution in [3.8, 4) is 0 Å².